The van der Waals surface area contributed by atoms with Crippen molar-refractivity contribution in [3.63, 3.8) is 0 Å². The van der Waals surface area contributed by atoms with Gasteiger partial charge >= 0.3 is 10.1 Å². The van der Waals surface area contributed by atoms with Gasteiger partial charge in [-0.05, 0) is 23.2 Å². The topological polar surface area (TPSA) is 233 Å². The molecule has 2 N–H and O–H groups in total. The normalized spacial score (nSPS) is 13.5. The fourth-order valence-electron chi connectivity index (χ4n) is 2.82. The predicted molar refractivity (Wildman–Crippen MR) is 113 cm³/mol. The molecule has 0 fully saturated rings. The Kier molecular flexibility index (Phi) is 6.36. The second-order valence-corrected chi connectivity index (χ2v) is 7.80. The number of rotatable bonds is 7. The zero-order valence-electron chi connectivity index (χ0n) is 16.6. The monoisotopic (exact) mass is 482 g/mol. The molecule has 0 unspecified atom stereocenters. The van der Waals surface area contributed by atoms with Crippen LogP contribution in [0.25, 0.3) is 20.9 Å². The lowest BCUT2D eigenvalue weighted by Gasteiger charge is -2.17. The predicted octanol–water partition coefficient (Wildman–Crippen LogP) is 2.91. The summed E-state index contributed by atoms with van der Waals surface area (Å²) in [6, 6.07) is 9.48. The number of hydrogen-bond donors (Lipinski definition) is 2. The highest BCUT2D eigenvalue weighted by Gasteiger charge is 2.37. The van der Waals surface area contributed by atoms with Crippen LogP contribution >= 0.6 is 0 Å². The number of phenolic OH excluding ortho intramolecular Hbond substituents is 2. The van der Waals surface area contributed by atoms with Crippen molar-refractivity contribution in [3.05, 3.63) is 96.9 Å². The fourth-order valence-corrected chi connectivity index (χ4v) is 4.00. The first kappa shape index (κ1) is 23.6. The summed E-state index contributed by atoms with van der Waals surface area (Å²) in [6.45, 7) is 0. The summed E-state index contributed by atoms with van der Waals surface area (Å²) in [7, 11) is -5.21. The van der Waals surface area contributed by atoms with Crippen molar-refractivity contribution < 1.29 is 37.2 Å². The molecule has 2 aromatic carbocycles. The summed E-state index contributed by atoms with van der Waals surface area (Å²) >= 11 is 0. The number of hydrogen-bond acceptors (Lipinski definition) is 10. The van der Waals surface area contributed by atoms with Crippen molar-refractivity contribution in [2.24, 2.45) is 10.2 Å². The van der Waals surface area contributed by atoms with Gasteiger partial charge in [-0.25, -0.2) is 0 Å². The molecule has 0 aromatic heterocycles. The lowest BCUT2D eigenvalue weighted by Crippen LogP contribution is -2.25. The lowest BCUT2D eigenvalue weighted by atomic mass is 10.0. The van der Waals surface area contributed by atoms with E-state index >= 15 is 0 Å². The molecular formula is C19H10N6O8S. The minimum absolute atomic E-state index is 0.164. The maximum absolute atomic E-state index is 12.9. The van der Waals surface area contributed by atoms with E-state index in [1.165, 1.54) is 12.1 Å². The van der Waals surface area contributed by atoms with Gasteiger partial charge in [-0.3, -0.25) is 14.4 Å². The number of phenols is 2. The number of azide groups is 2. The third-order valence-corrected chi connectivity index (χ3v) is 5.60. The molecule has 2 aromatic rings. The number of carbonyl (C=O) groups excluding carboxylic acids is 3. The Bertz CT molecular complexity index is 1520. The molecule has 0 amide bonds. The van der Waals surface area contributed by atoms with Crippen LogP contribution in [-0.2, 0) is 19.7 Å². The largest absolute Gasteiger partial charge is 0.504 e. The minimum Gasteiger partial charge on any atom is -0.504 e. The second-order valence-electron chi connectivity index (χ2n) is 6.32. The highest BCUT2D eigenvalue weighted by Crippen LogP contribution is 2.41. The third-order valence-electron chi connectivity index (χ3n) is 4.30. The highest BCUT2D eigenvalue weighted by atomic mass is 32.2. The Hall–Kier alpha value is -5.10. The van der Waals surface area contributed by atoms with E-state index in [-0.39, 0.29) is 11.1 Å². The number of ketones is 3. The molecule has 0 atom stereocenters. The van der Waals surface area contributed by atoms with Gasteiger partial charge in [-0.1, -0.05) is 40.6 Å². The summed E-state index contributed by atoms with van der Waals surface area (Å²) in [5.74, 6) is -6.59. The van der Waals surface area contributed by atoms with Gasteiger partial charge in [0, 0.05) is 21.5 Å². The molecule has 0 saturated heterocycles. The number of benzene rings is 2. The SMILES string of the molecule is [N-]=[N+]=NC1=CC(=O)C(=O)C(N=[N+]=[N-])=C1S(=O)(=O)Oc1ccc(C(=O)c2ccccc2)c(O)c1O. The minimum atomic E-state index is -5.21. The van der Waals surface area contributed by atoms with Gasteiger partial charge in [0.2, 0.25) is 17.3 Å². The van der Waals surface area contributed by atoms with Crippen molar-refractivity contribution in [2.45, 2.75) is 0 Å². The van der Waals surface area contributed by atoms with Crippen LogP contribution in [0.4, 0.5) is 0 Å². The average molecular weight is 482 g/mol. The quantitative estimate of drug-likeness (QED) is 0.0867. The van der Waals surface area contributed by atoms with Crippen LogP contribution in [0.3, 0.4) is 0 Å². The first-order valence-corrected chi connectivity index (χ1v) is 10.3. The summed E-state index contributed by atoms with van der Waals surface area (Å²) < 4.78 is 30.5. The molecule has 34 heavy (non-hydrogen) atoms. The number of carbonyl (C=O) groups is 3. The van der Waals surface area contributed by atoms with E-state index in [0.717, 1.165) is 12.1 Å². The Morgan fingerprint density at radius 2 is 1.59 bits per heavy atom. The van der Waals surface area contributed by atoms with Gasteiger partial charge < -0.3 is 14.4 Å². The summed E-state index contributed by atoms with van der Waals surface area (Å²) in [5.41, 5.74) is 15.0. The molecule has 0 bridgehead atoms. The standard InChI is InChI=1S/C19H10N6O8S/c20-24-22-11-8-12(26)17(29)14(23-25-21)19(11)34(31,32)33-13-7-6-10(16(28)18(13)30)15(27)9-4-2-1-3-5-9/h1-8,28,30H. The summed E-state index contributed by atoms with van der Waals surface area (Å²) in [5, 5.41) is 26.4. The maximum atomic E-state index is 12.9. The van der Waals surface area contributed by atoms with Gasteiger partial charge in [0.05, 0.1) is 11.3 Å². The smallest absolute Gasteiger partial charge is 0.340 e. The van der Waals surface area contributed by atoms with E-state index < -0.39 is 61.0 Å². The lowest BCUT2D eigenvalue weighted by molar-refractivity contribution is -0.131. The zero-order chi connectivity index (χ0) is 25.0. The molecule has 170 valence electrons. The van der Waals surface area contributed by atoms with E-state index in [1.807, 2.05) is 0 Å². The molecule has 3 rings (SSSR count). The van der Waals surface area contributed by atoms with Gasteiger partial charge in [-0.2, -0.15) is 8.42 Å². The van der Waals surface area contributed by atoms with Gasteiger partial charge in [-0.15, -0.1) is 0 Å². The van der Waals surface area contributed by atoms with E-state index in [4.69, 9.17) is 15.2 Å². The molecule has 0 spiro atoms. The Morgan fingerprint density at radius 3 is 2.21 bits per heavy atom. The Labute approximate surface area is 189 Å². The summed E-state index contributed by atoms with van der Waals surface area (Å²) in [6.07, 6.45) is 0.396. The Morgan fingerprint density at radius 1 is 0.941 bits per heavy atom. The van der Waals surface area contributed by atoms with Crippen LogP contribution in [0.5, 0.6) is 17.2 Å². The molecule has 1 aliphatic rings. The fraction of sp³-hybridized carbons (Fsp3) is 0. The van der Waals surface area contributed by atoms with Crippen LogP contribution in [0, 0.1) is 0 Å². The molecular weight excluding hydrogens is 472 g/mol. The number of nitrogens with zero attached hydrogens (tertiary/aromatic N) is 6. The molecule has 1 aliphatic carbocycles. The van der Waals surface area contributed by atoms with Crippen molar-refractivity contribution in [2.75, 3.05) is 0 Å². The first-order valence-electron chi connectivity index (χ1n) is 8.86. The number of allylic oxidation sites excluding steroid dienone is 2. The van der Waals surface area contributed by atoms with Gasteiger partial charge in [0.15, 0.2) is 17.3 Å². The van der Waals surface area contributed by atoms with E-state index in [0.29, 0.717) is 6.08 Å². The third kappa shape index (κ3) is 4.28. The number of Topliss-reactive ketones (excluding diaryl/α,β-unsaturated/α-hetero) is 1. The van der Waals surface area contributed by atoms with E-state index in [2.05, 4.69) is 20.1 Å². The molecule has 15 heteroatoms. The van der Waals surface area contributed by atoms with Crippen LogP contribution < -0.4 is 4.18 Å². The molecule has 0 saturated carbocycles. The van der Waals surface area contributed by atoms with Gasteiger partial charge in [0.1, 0.15) is 10.6 Å². The molecule has 0 radical (unpaired) electrons. The van der Waals surface area contributed by atoms with Crippen molar-refractivity contribution in [3.8, 4) is 17.2 Å². The van der Waals surface area contributed by atoms with E-state index in [1.54, 1.807) is 18.2 Å². The van der Waals surface area contributed by atoms with Gasteiger partial charge in [0.25, 0.3) is 0 Å². The molecule has 14 nitrogen and oxygen atoms in total. The molecule has 0 heterocycles. The van der Waals surface area contributed by atoms with Crippen molar-refractivity contribution >= 4 is 27.5 Å². The maximum Gasteiger partial charge on any atom is 0.340 e. The van der Waals surface area contributed by atoms with Crippen LogP contribution in [-0.4, -0.2) is 36.0 Å². The van der Waals surface area contributed by atoms with Crippen molar-refractivity contribution in [1.82, 2.24) is 0 Å². The Balaban J connectivity index is 2.10. The van der Waals surface area contributed by atoms with Crippen LogP contribution in [0.1, 0.15) is 15.9 Å². The second kappa shape index (κ2) is 9.18. The first-order chi connectivity index (χ1) is 16.1. The van der Waals surface area contributed by atoms with E-state index in [9.17, 15) is 33.0 Å². The zero-order valence-corrected chi connectivity index (χ0v) is 17.4. The number of aromatic hydroxyl groups is 2. The van der Waals surface area contributed by atoms with Crippen molar-refractivity contribution in [1.29, 1.82) is 0 Å². The summed E-state index contributed by atoms with van der Waals surface area (Å²) in [4.78, 5) is 39.7. The van der Waals surface area contributed by atoms with Crippen LogP contribution in [0.15, 0.2) is 75.1 Å². The van der Waals surface area contributed by atoms with Crippen LogP contribution in [0.2, 0.25) is 0 Å². The molecule has 0 aliphatic heterocycles. The average Bonchev–Trinajstić information content (AvgIpc) is 2.80. The highest BCUT2D eigenvalue weighted by molar-refractivity contribution is 7.91.